The number of para-hydroxylation sites is 1. The number of fused-ring (bicyclic) bond motifs is 2. The molecule has 3 heterocycles. The molecule has 154 valence electrons. The van der Waals surface area contributed by atoms with Gasteiger partial charge in [0.15, 0.2) is 5.82 Å². The largest absolute Gasteiger partial charge is 0.393 e. The van der Waals surface area contributed by atoms with Crippen LogP contribution in [-0.2, 0) is 4.79 Å². The zero-order valence-corrected chi connectivity index (χ0v) is 16.7. The highest BCUT2D eigenvalue weighted by molar-refractivity contribution is 6.17. The Bertz CT molecular complexity index is 1000. The van der Waals surface area contributed by atoms with Gasteiger partial charge in [-0.05, 0) is 37.1 Å². The number of hydrogen-bond acceptors (Lipinski definition) is 5. The van der Waals surface area contributed by atoms with Gasteiger partial charge in [0.25, 0.3) is 5.91 Å². The van der Waals surface area contributed by atoms with Crippen LogP contribution in [0.25, 0.3) is 0 Å². The molecule has 2 amide bonds. The minimum Gasteiger partial charge on any atom is -0.393 e. The van der Waals surface area contributed by atoms with Crippen LogP contribution in [0, 0.1) is 11.8 Å². The molecule has 1 fully saturated rings. The molecule has 2 N–H and O–H groups in total. The number of amides is 2. The number of aromatic nitrogens is 1. The maximum atomic E-state index is 13.1. The number of likely N-dealkylation sites (tertiary alicyclic amines) is 1. The van der Waals surface area contributed by atoms with Crippen LogP contribution in [0.4, 0.5) is 17.2 Å². The molecule has 2 aliphatic heterocycles. The number of pyridine rings is 1. The Morgan fingerprint density at radius 1 is 1.17 bits per heavy atom. The summed E-state index contributed by atoms with van der Waals surface area (Å²) in [5.74, 6) is 6.21. The number of carbonyl (C=O) groups excluding carboxylic acids is 2. The molecule has 0 aliphatic carbocycles. The first kappa shape index (κ1) is 20.1. The van der Waals surface area contributed by atoms with Crippen LogP contribution in [0.2, 0.25) is 0 Å². The molecule has 1 aromatic carbocycles. The van der Waals surface area contributed by atoms with Gasteiger partial charge in [0, 0.05) is 32.1 Å². The minimum atomic E-state index is -0.262. The predicted molar refractivity (Wildman–Crippen MR) is 114 cm³/mol. The molecule has 0 atom stereocenters. The number of aliphatic hydroxyl groups excluding tert-OH is 1. The van der Waals surface area contributed by atoms with Crippen molar-refractivity contribution in [3.05, 3.63) is 48.2 Å². The zero-order valence-electron chi connectivity index (χ0n) is 16.7. The highest BCUT2D eigenvalue weighted by Gasteiger charge is 2.29. The number of hydrogen-bond donors (Lipinski definition) is 2. The van der Waals surface area contributed by atoms with Crippen molar-refractivity contribution in [3.63, 3.8) is 0 Å². The van der Waals surface area contributed by atoms with E-state index in [1.54, 1.807) is 42.6 Å². The summed E-state index contributed by atoms with van der Waals surface area (Å²) in [4.78, 5) is 33.8. The van der Waals surface area contributed by atoms with Crippen LogP contribution in [-0.4, -0.2) is 52.5 Å². The molecule has 0 radical (unpaired) electrons. The van der Waals surface area contributed by atoms with Gasteiger partial charge < -0.3 is 10.4 Å². The molecule has 0 saturated carbocycles. The molecule has 0 spiro atoms. The van der Waals surface area contributed by atoms with E-state index in [-0.39, 0.29) is 24.3 Å². The number of piperidine rings is 1. The van der Waals surface area contributed by atoms with Crippen LogP contribution in [0.3, 0.4) is 0 Å². The third-order valence-electron chi connectivity index (χ3n) is 5.33. The summed E-state index contributed by atoms with van der Waals surface area (Å²) in [7, 11) is 0. The molecule has 2 aliphatic rings. The summed E-state index contributed by atoms with van der Waals surface area (Å²) in [5, 5.41) is 12.4. The van der Waals surface area contributed by atoms with Crippen molar-refractivity contribution in [1.82, 2.24) is 9.88 Å². The van der Waals surface area contributed by atoms with Crippen LogP contribution in [0.1, 0.15) is 36.0 Å². The third kappa shape index (κ3) is 4.35. The van der Waals surface area contributed by atoms with E-state index in [2.05, 4.69) is 27.0 Å². The lowest BCUT2D eigenvalue weighted by Crippen LogP contribution is -2.35. The number of aliphatic hydroxyl groups is 1. The highest BCUT2D eigenvalue weighted by Crippen LogP contribution is 2.36. The van der Waals surface area contributed by atoms with Gasteiger partial charge >= 0.3 is 0 Å². The van der Waals surface area contributed by atoms with Crippen LogP contribution in [0.5, 0.6) is 0 Å². The molecule has 1 aromatic heterocycles. The molecule has 2 aromatic rings. The fourth-order valence-electron chi connectivity index (χ4n) is 3.70. The number of anilines is 3. The normalized spacial score (nSPS) is 16.6. The molecule has 0 bridgehead atoms. The maximum Gasteiger partial charge on any atom is 0.257 e. The number of rotatable bonds is 3. The van der Waals surface area contributed by atoms with Gasteiger partial charge in [-0.1, -0.05) is 18.1 Å². The van der Waals surface area contributed by atoms with E-state index in [0.29, 0.717) is 35.7 Å². The van der Waals surface area contributed by atoms with E-state index in [4.69, 9.17) is 0 Å². The summed E-state index contributed by atoms with van der Waals surface area (Å²) in [6.07, 6.45) is 3.64. The second kappa shape index (κ2) is 9.08. The predicted octanol–water partition coefficient (Wildman–Crippen LogP) is 2.55. The van der Waals surface area contributed by atoms with Gasteiger partial charge in [-0.15, -0.1) is 5.92 Å². The highest BCUT2D eigenvalue weighted by atomic mass is 16.3. The van der Waals surface area contributed by atoms with Crippen molar-refractivity contribution in [3.8, 4) is 11.8 Å². The number of nitrogens with zero attached hydrogens (tertiary/aromatic N) is 3. The summed E-state index contributed by atoms with van der Waals surface area (Å²) in [6.45, 7) is 2.35. The maximum absolute atomic E-state index is 13.1. The lowest BCUT2D eigenvalue weighted by Gasteiger charge is -2.27. The average Bonchev–Trinajstić information content (AvgIpc) is 2.88. The minimum absolute atomic E-state index is 0.158. The van der Waals surface area contributed by atoms with Crippen molar-refractivity contribution in [2.75, 3.05) is 29.9 Å². The topological polar surface area (TPSA) is 85.8 Å². The first-order chi connectivity index (χ1) is 14.6. The standard InChI is InChI=1S/C23H24N4O3/c28-17-11-15-26(16-12-17)14-5-1-2-10-21(29)27-20-9-4-3-7-18(20)23(30)25-19-8-6-13-24-22(19)27/h3-4,6-9,13,17,28H,2,10-12,14-16H2,(H,25,30). The monoisotopic (exact) mass is 404 g/mol. The van der Waals surface area contributed by atoms with E-state index < -0.39 is 0 Å². The zero-order chi connectivity index (χ0) is 20.9. The number of carbonyl (C=O) groups is 2. The first-order valence-corrected chi connectivity index (χ1v) is 10.2. The molecular weight excluding hydrogens is 380 g/mol. The van der Waals surface area contributed by atoms with Gasteiger partial charge in [-0.3, -0.25) is 19.4 Å². The van der Waals surface area contributed by atoms with Gasteiger partial charge in [0.05, 0.1) is 29.6 Å². The Kier molecular flexibility index (Phi) is 6.07. The van der Waals surface area contributed by atoms with Crippen molar-refractivity contribution in [2.45, 2.75) is 31.8 Å². The number of nitrogens with one attached hydrogen (secondary N) is 1. The Morgan fingerprint density at radius 2 is 1.97 bits per heavy atom. The summed E-state index contributed by atoms with van der Waals surface area (Å²) in [6, 6.07) is 10.5. The Hall–Kier alpha value is -3.21. The van der Waals surface area contributed by atoms with Gasteiger partial charge in [0.1, 0.15) is 0 Å². The second-order valence-electron chi connectivity index (χ2n) is 7.44. The summed E-state index contributed by atoms with van der Waals surface area (Å²) < 4.78 is 0. The van der Waals surface area contributed by atoms with E-state index >= 15 is 0 Å². The van der Waals surface area contributed by atoms with Crippen molar-refractivity contribution in [2.24, 2.45) is 0 Å². The van der Waals surface area contributed by atoms with Gasteiger partial charge in [0.2, 0.25) is 5.91 Å². The van der Waals surface area contributed by atoms with Crippen LogP contribution >= 0.6 is 0 Å². The van der Waals surface area contributed by atoms with Crippen molar-refractivity contribution in [1.29, 1.82) is 0 Å². The lowest BCUT2D eigenvalue weighted by molar-refractivity contribution is -0.117. The van der Waals surface area contributed by atoms with Crippen molar-refractivity contribution < 1.29 is 14.7 Å². The smallest absolute Gasteiger partial charge is 0.257 e. The lowest BCUT2D eigenvalue weighted by atomic mass is 10.1. The first-order valence-electron chi connectivity index (χ1n) is 10.2. The fraction of sp³-hybridized carbons (Fsp3) is 0.348. The van der Waals surface area contributed by atoms with E-state index in [0.717, 1.165) is 25.9 Å². The van der Waals surface area contributed by atoms with Crippen LogP contribution < -0.4 is 10.2 Å². The Labute approximate surface area is 175 Å². The molecule has 7 nitrogen and oxygen atoms in total. The molecule has 30 heavy (non-hydrogen) atoms. The summed E-state index contributed by atoms with van der Waals surface area (Å²) >= 11 is 0. The van der Waals surface area contributed by atoms with Crippen LogP contribution in [0.15, 0.2) is 42.6 Å². The average molecular weight is 404 g/mol. The quantitative estimate of drug-likeness (QED) is 0.768. The molecule has 4 rings (SSSR count). The molecule has 7 heteroatoms. The van der Waals surface area contributed by atoms with Crippen molar-refractivity contribution >= 4 is 29.0 Å². The molecule has 0 unspecified atom stereocenters. The SMILES string of the molecule is O=C1Nc2cccnc2N(C(=O)CCC#CCN2CCC(O)CC2)c2ccccc21. The summed E-state index contributed by atoms with van der Waals surface area (Å²) in [5.41, 5.74) is 1.46. The fourth-order valence-corrected chi connectivity index (χ4v) is 3.70. The van der Waals surface area contributed by atoms with E-state index in [1.807, 2.05) is 0 Å². The third-order valence-corrected chi connectivity index (χ3v) is 5.33. The van der Waals surface area contributed by atoms with E-state index in [1.165, 1.54) is 4.90 Å². The molecular formula is C23H24N4O3. The second-order valence-corrected chi connectivity index (χ2v) is 7.44. The van der Waals surface area contributed by atoms with E-state index in [9.17, 15) is 14.7 Å². The Balaban J connectivity index is 1.47. The number of benzene rings is 1. The Morgan fingerprint density at radius 3 is 2.80 bits per heavy atom. The molecule has 1 saturated heterocycles. The van der Waals surface area contributed by atoms with Gasteiger partial charge in [-0.25, -0.2) is 4.98 Å². The van der Waals surface area contributed by atoms with Gasteiger partial charge in [-0.2, -0.15) is 0 Å².